The second-order valence-corrected chi connectivity index (χ2v) is 5.31. The molecule has 1 unspecified atom stereocenters. The molecule has 1 aromatic rings. The summed E-state index contributed by atoms with van der Waals surface area (Å²) in [5.41, 5.74) is -1.32. The fraction of sp³-hybridized carbons (Fsp3) is 0.500. The van der Waals surface area contributed by atoms with Crippen LogP contribution in [0, 0.1) is 0 Å². The van der Waals surface area contributed by atoms with Gasteiger partial charge < -0.3 is 14.8 Å². The topological polar surface area (TPSA) is 47.6 Å². The summed E-state index contributed by atoms with van der Waals surface area (Å²) in [6.45, 7) is -1.10. The molecule has 0 spiro atoms. The van der Waals surface area contributed by atoms with Crippen LogP contribution in [0.15, 0.2) is 24.3 Å². The van der Waals surface area contributed by atoms with Crippen molar-refractivity contribution in [3.63, 3.8) is 0 Å². The van der Waals surface area contributed by atoms with Gasteiger partial charge in [0, 0.05) is 0 Å². The van der Waals surface area contributed by atoms with Crippen molar-refractivity contribution < 1.29 is 27.4 Å². The Bertz CT molecular complexity index is 555. The highest BCUT2D eigenvalue weighted by molar-refractivity contribution is 5.82. The number of amides is 1. The van der Waals surface area contributed by atoms with Gasteiger partial charge in [0.15, 0.2) is 11.6 Å². The lowest BCUT2D eigenvalue weighted by Gasteiger charge is -2.43. The van der Waals surface area contributed by atoms with Crippen LogP contribution >= 0.6 is 0 Å². The van der Waals surface area contributed by atoms with Gasteiger partial charge in [0.2, 0.25) is 0 Å². The molecule has 21 heavy (non-hydrogen) atoms. The predicted molar refractivity (Wildman–Crippen MR) is 66.9 cm³/mol. The first kappa shape index (κ1) is 14.2. The van der Waals surface area contributed by atoms with Crippen molar-refractivity contribution in [2.24, 2.45) is 0 Å². The first-order chi connectivity index (χ1) is 9.91. The van der Waals surface area contributed by atoms with Gasteiger partial charge in [-0.25, -0.2) is 0 Å². The summed E-state index contributed by atoms with van der Waals surface area (Å²) >= 11 is 0. The van der Waals surface area contributed by atoms with E-state index in [1.807, 2.05) is 12.1 Å². The summed E-state index contributed by atoms with van der Waals surface area (Å²) in [5.74, 6) is -0.194. The quantitative estimate of drug-likeness (QED) is 0.906. The van der Waals surface area contributed by atoms with Crippen molar-refractivity contribution >= 4 is 5.91 Å². The number of rotatable bonds is 2. The van der Waals surface area contributed by atoms with Gasteiger partial charge in [-0.15, -0.1) is 0 Å². The van der Waals surface area contributed by atoms with Gasteiger partial charge in [-0.05, 0) is 24.5 Å². The van der Waals surface area contributed by atoms with Gasteiger partial charge in [-0.2, -0.15) is 13.2 Å². The molecule has 1 N–H and O–H groups in total. The second kappa shape index (κ2) is 4.91. The maximum atomic E-state index is 13.0. The monoisotopic (exact) mass is 301 g/mol. The van der Waals surface area contributed by atoms with Crippen LogP contribution in [0.4, 0.5) is 13.2 Å². The molecule has 2 aliphatic heterocycles. The molecule has 1 saturated heterocycles. The zero-order valence-electron chi connectivity index (χ0n) is 11.1. The fourth-order valence-corrected chi connectivity index (χ4v) is 2.44. The van der Waals surface area contributed by atoms with Crippen LogP contribution in [-0.4, -0.2) is 36.9 Å². The molecule has 3 rings (SSSR count). The average Bonchev–Trinajstić information content (AvgIpc) is 2.40. The minimum atomic E-state index is -4.53. The largest absolute Gasteiger partial charge is 0.480 e. The third-order valence-electron chi connectivity index (χ3n) is 3.81. The van der Waals surface area contributed by atoms with Crippen molar-refractivity contribution in [2.45, 2.75) is 30.7 Å². The number of carbonyl (C=O) groups excluding carboxylic acids is 1. The number of alkyl halides is 3. The number of halogens is 3. The molecule has 7 heteroatoms. The van der Waals surface area contributed by atoms with Crippen LogP contribution in [0.5, 0.6) is 5.75 Å². The van der Waals surface area contributed by atoms with E-state index < -0.39 is 36.9 Å². The highest BCUT2D eigenvalue weighted by atomic mass is 19.4. The Morgan fingerprint density at radius 3 is 2.62 bits per heavy atom. The van der Waals surface area contributed by atoms with E-state index in [4.69, 9.17) is 4.74 Å². The molecule has 0 aliphatic carbocycles. The summed E-state index contributed by atoms with van der Waals surface area (Å²) in [6, 6.07) is 7.20. The van der Waals surface area contributed by atoms with E-state index in [-0.39, 0.29) is 0 Å². The highest BCUT2D eigenvalue weighted by Crippen LogP contribution is 2.36. The highest BCUT2D eigenvalue weighted by Gasteiger charge is 2.61. The zero-order valence-corrected chi connectivity index (χ0v) is 11.1. The Hall–Kier alpha value is -1.76. The summed E-state index contributed by atoms with van der Waals surface area (Å²) in [4.78, 5) is 12.1. The first-order valence-corrected chi connectivity index (χ1v) is 6.62. The normalized spacial score (nSPS) is 23.5. The van der Waals surface area contributed by atoms with Crippen LogP contribution in [0.3, 0.4) is 0 Å². The number of para-hydroxylation sites is 1. The summed E-state index contributed by atoms with van der Waals surface area (Å²) < 4.78 is 49.1. The van der Waals surface area contributed by atoms with Gasteiger partial charge in [0.05, 0.1) is 13.2 Å². The van der Waals surface area contributed by atoms with Crippen LogP contribution < -0.4 is 10.1 Å². The third kappa shape index (κ3) is 2.46. The van der Waals surface area contributed by atoms with E-state index in [1.165, 1.54) is 0 Å². The van der Waals surface area contributed by atoms with Gasteiger partial charge in [-0.1, -0.05) is 18.2 Å². The Balaban J connectivity index is 1.70. The van der Waals surface area contributed by atoms with Gasteiger partial charge in [0.1, 0.15) is 5.75 Å². The molecule has 1 amide bonds. The molecule has 1 fully saturated rings. The molecule has 1 atom stereocenters. The van der Waals surface area contributed by atoms with Crippen LogP contribution in [0.1, 0.15) is 12.0 Å². The summed E-state index contributed by atoms with van der Waals surface area (Å²) in [7, 11) is 0. The lowest BCUT2D eigenvalue weighted by atomic mass is 9.95. The predicted octanol–water partition coefficient (Wildman–Crippen LogP) is 1.83. The number of benzene rings is 1. The number of hydrogen-bond acceptors (Lipinski definition) is 3. The summed E-state index contributed by atoms with van der Waals surface area (Å²) in [6.07, 6.45) is -4.48. The molecule has 0 saturated carbocycles. The van der Waals surface area contributed by atoms with Crippen molar-refractivity contribution in [3.8, 4) is 5.75 Å². The summed E-state index contributed by atoms with van der Waals surface area (Å²) in [5, 5.41) is 2.06. The van der Waals surface area contributed by atoms with Gasteiger partial charge in [0.25, 0.3) is 5.91 Å². The maximum Gasteiger partial charge on any atom is 0.416 e. The number of carbonyl (C=O) groups is 1. The van der Waals surface area contributed by atoms with Crippen LogP contribution in [-0.2, 0) is 16.0 Å². The standard InChI is InChI=1S/C14H14F3NO3/c15-14(16,17)13(7-20-8-13)18-12(19)11-6-5-9-3-1-2-4-10(9)21-11/h1-4,11H,5-8H2,(H,18,19). The number of hydrogen-bond donors (Lipinski definition) is 1. The SMILES string of the molecule is O=C(NC1(C(F)(F)F)COC1)C1CCc2ccccc2O1. The molecule has 0 bridgehead atoms. The Morgan fingerprint density at radius 2 is 2.00 bits per heavy atom. The van der Waals surface area contributed by atoms with E-state index in [9.17, 15) is 18.0 Å². The molecule has 2 heterocycles. The van der Waals surface area contributed by atoms with Crippen molar-refractivity contribution in [1.29, 1.82) is 0 Å². The van der Waals surface area contributed by atoms with Crippen LogP contribution in [0.2, 0.25) is 0 Å². The molecule has 1 aromatic carbocycles. The fourth-order valence-electron chi connectivity index (χ4n) is 2.44. The Labute approximate surface area is 119 Å². The Morgan fingerprint density at radius 1 is 1.29 bits per heavy atom. The number of nitrogens with one attached hydrogen (secondary N) is 1. The molecular weight excluding hydrogens is 287 g/mol. The lowest BCUT2D eigenvalue weighted by Crippen LogP contribution is -2.71. The minimum Gasteiger partial charge on any atom is -0.480 e. The zero-order chi connectivity index (χ0) is 15.1. The number of aryl methyl sites for hydroxylation is 1. The molecule has 2 aliphatic rings. The average molecular weight is 301 g/mol. The van der Waals surface area contributed by atoms with Gasteiger partial charge in [-0.3, -0.25) is 4.79 Å². The van der Waals surface area contributed by atoms with E-state index in [2.05, 4.69) is 10.1 Å². The molecule has 0 radical (unpaired) electrons. The number of fused-ring (bicyclic) bond motifs is 1. The minimum absolute atomic E-state index is 0.359. The second-order valence-electron chi connectivity index (χ2n) is 5.31. The molecular formula is C14H14F3NO3. The smallest absolute Gasteiger partial charge is 0.416 e. The molecule has 0 aromatic heterocycles. The van der Waals surface area contributed by atoms with E-state index in [0.29, 0.717) is 18.6 Å². The van der Waals surface area contributed by atoms with E-state index >= 15 is 0 Å². The van der Waals surface area contributed by atoms with Crippen molar-refractivity contribution in [2.75, 3.05) is 13.2 Å². The van der Waals surface area contributed by atoms with Crippen LogP contribution in [0.25, 0.3) is 0 Å². The third-order valence-corrected chi connectivity index (χ3v) is 3.81. The Kier molecular flexibility index (Phi) is 3.32. The lowest BCUT2D eigenvalue weighted by molar-refractivity contribution is -0.266. The molecule has 114 valence electrons. The van der Waals surface area contributed by atoms with Crippen molar-refractivity contribution in [3.05, 3.63) is 29.8 Å². The molecule has 4 nitrogen and oxygen atoms in total. The van der Waals surface area contributed by atoms with E-state index in [0.717, 1.165) is 5.56 Å². The van der Waals surface area contributed by atoms with E-state index in [1.54, 1.807) is 12.1 Å². The first-order valence-electron chi connectivity index (χ1n) is 6.62. The van der Waals surface area contributed by atoms with Gasteiger partial charge >= 0.3 is 6.18 Å². The maximum absolute atomic E-state index is 13.0. The van der Waals surface area contributed by atoms with Crippen molar-refractivity contribution in [1.82, 2.24) is 5.32 Å². The number of ether oxygens (including phenoxy) is 2.